The number of aliphatic carboxylic acids is 1. The van der Waals surface area contributed by atoms with E-state index < -0.39 is 17.9 Å². The van der Waals surface area contributed by atoms with Crippen LogP contribution in [-0.4, -0.2) is 51.1 Å². The van der Waals surface area contributed by atoms with Crippen molar-refractivity contribution in [3.05, 3.63) is 77.9 Å². The van der Waals surface area contributed by atoms with Crippen LogP contribution in [0.2, 0.25) is 0 Å². The van der Waals surface area contributed by atoms with Gasteiger partial charge in [-0.1, -0.05) is 66.7 Å². The highest BCUT2D eigenvalue weighted by molar-refractivity contribution is 5.85. The molecule has 10 heteroatoms. The average Bonchev–Trinajstić information content (AvgIpc) is 2.88. The van der Waals surface area contributed by atoms with Gasteiger partial charge in [0.05, 0.1) is 6.54 Å². The zero-order chi connectivity index (χ0) is 25.5. The maximum absolute atomic E-state index is 11.5. The molecule has 0 aliphatic heterocycles. The Kier molecular flexibility index (Phi) is 7.66. The molecule has 0 aliphatic carbocycles. The summed E-state index contributed by atoms with van der Waals surface area (Å²) in [5, 5.41) is 17.4. The Bertz CT molecular complexity index is 1380. The van der Waals surface area contributed by atoms with Crippen LogP contribution in [-0.2, 0) is 22.4 Å². The van der Waals surface area contributed by atoms with Gasteiger partial charge >= 0.3 is 5.97 Å². The van der Waals surface area contributed by atoms with E-state index in [1.165, 1.54) is 16.3 Å². The molecular formula is C26H27N7O3. The number of hydrogen-bond acceptors (Lipinski definition) is 8. The summed E-state index contributed by atoms with van der Waals surface area (Å²) >= 11 is 0. The molecule has 184 valence electrons. The van der Waals surface area contributed by atoms with Gasteiger partial charge in [0.1, 0.15) is 6.04 Å². The lowest BCUT2D eigenvalue weighted by Gasteiger charge is -2.14. The van der Waals surface area contributed by atoms with E-state index in [9.17, 15) is 14.7 Å². The summed E-state index contributed by atoms with van der Waals surface area (Å²) < 4.78 is 0. The molecule has 1 atom stereocenters. The number of anilines is 2. The number of nitrogens with one attached hydrogen (secondary N) is 2. The summed E-state index contributed by atoms with van der Waals surface area (Å²) in [5.74, 6) is -0.801. The van der Waals surface area contributed by atoms with Gasteiger partial charge in [0.15, 0.2) is 5.82 Å². The van der Waals surface area contributed by atoms with Gasteiger partial charge in [0.2, 0.25) is 17.8 Å². The number of benzene rings is 3. The highest BCUT2D eigenvalue weighted by Crippen LogP contribution is 2.19. The van der Waals surface area contributed by atoms with E-state index in [4.69, 9.17) is 11.5 Å². The van der Waals surface area contributed by atoms with Crippen LogP contribution >= 0.6 is 0 Å². The van der Waals surface area contributed by atoms with Crippen molar-refractivity contribution in [3.63, 3.8) is 0 Å². The van der Waals surface area contributed by atoms with Crippen LogP contribution in [0.1, 0.15) is 11.1 Å². The molecule has 0 bridgehead atoms. The van der Waals surface area contributed by atoms with E-state index >= 15 is 0 Å². The number of carbonyl (C=O) groups excluding carboxylic acids is 1. The Labute approximate surface area is 207 Å². The first-order valence-corrected chi connectivity index (χ1v) is 11.5. The highest BCUT2D eigenvalue weighted by atomic mass is 16.4. The minimum Gasteiger partial charge on any atom is -0.480 e. The second-order valence-corrected chi connectivity index (χ2v) is 8.26. The largest absolute Gasteiger partial charge is 0.480 e. The molecule has 0 spiro atoms. The molecule has 4 rings (SSSR count). The van der Waals surface area contributed by atoms with E-state index in [1.54, 1.807) is 24.3 Å². The summed E-state index contributed by atoms with van der Waals surface area (Å²) in [7, 11) is 0. The second kappa shape index (κ2) is 11.2. The molecule has 4 aromatic rings. The molecular weight excluding hydrogens is 458 g/mol. The molecule has 0 saturated heterocycles. The Morgan fingerprint density at radius 2 is 1.64 bits per heavy atom. The smallest absolute Gasteiger partial charge is 0.326 e. The van der Waals surface area contributed by atoms with Gasteiger partial charge in [-0.2, -0.15) is 15.0 Å². The minimum atomic E-state index is -1.13. The molecule has 3 aromatic carbocycles. The Hall–Kier alpha value is -4.57. The third-order valence-corrected chi connectivity index (χ3v) is 5.63. The maximum Gasteiger partial charge on any atom is 0.326 e. The summed E-state index contributed by atoms with van der Waals surface area (Å²) in [6, 6.07) is 20.6. The maximum atomic E-state index is 11.5. The van der Waals surface area contributed by atoms with Gasteiger partial charge in [0.25, 0.3) is 0 Å². The van der Waals surface area contributed by atoms with Gasteiger partial charge in [-0.15, -0.1) is 0 Å². The summed E-state index contributed by atoms with van der Waals surface area (Å²) in [6.45, 7) is 0.341. The average molecular weight is 486 g/mol. The van der Waals surface area contributed by atoms with Gasteiger partial charge in [-0.25, -0.2) is 4.79 Å². The lowest BCUT2D eigenvalue weighted by atomic mass is 10.0. The fourth-order valence-corrected chi connectivity index (χ4v) is 3.79. The van der Waals surface area contributed by atoms with Crippen LogP contribution in [0, 0.1) is 0 Å². The predicted octanol–water partition coefficient (Wildman–Crippen LogP) is 2.00. The van der Waals surface area contributed by atoms with E-state index in [0.29, 0.717) is 23.9 Å². The van der Waals surface area contributed by atoms with Crippen LogP contribution in [0.5, 0.6) is 0 Å². The van der Waals surface area contributed by atoms with Crippen molar-refractivity contribution in [3.8, 4) is 11.4 Å². The van der Waals surface area contributed by atoms with Crippen LogP contribution in [0.25, 0.3) is 22.2 Å². The van der Waals surface area contributed by atoms with Crippen molar-refractivity contribution in [1.29, 1.82) is 0 Å². The fourth-order valence-electron chi connectivity index (χ4n) is 3.79. The molecule has 1 heterocycles. The Morgan fingerprint density at radius 1 is 0.917 bits per heavy atom. The normalized spacial score (nSPS) is 11.7. The van der Waals surface area contributed by atoms with E-state index in [-0.39, 0.29) is 18.9 Å². The van der Waals surface area contributed by atoms with E-state index in [1.807, 2.05) is 12.1 Å². The van der Waals surface area contributed by atoms with Crippen LogP contribution in [0.4, 0.5) is 11.9 Å². The number of hydrogen-bond donors (Lipinski definition) is 5. The molecule has 10 nitrogen and oxygen atoms in total. The highest BCUT2D eigenvalue weighted by Gasteiger charge is 2.20. The molecule has 0 fully saturated rings. The number of rotatable bonds is 10. The summed E-state index contributed by atoms with van der Waals surface area (Å²) in [5.41, 5.74) is 13.8. The predicted molar refractivity (Wildman–Crippen MR) is 138 cm³/mol. The first-order valence-electron chi connectivity index (χ1n) is 11.5. The number of amides is 1. The van der Waals surface area contributed by atoms with Gasteiger partial charge in [-0.05, 0) is 28.3 Å². The first-order chi connectivity index (χ1) is 17.4. The lowest BCUT2D eigenvalue weighted by molar-refractivity contribution is -0.141. The molecule has 0 unspecified atom stereocenters. The molecule has 1 amide bonds. The first kappa shape index (κ1) is 24.6. The Balaban J connectivity index is 1.41. The van der Waals surface area contributed by atoms with Gasteiger partial charge in [0, 0.05) is 18.5 Å². The van der Waals surface area contributed by atoms with Crippen LogP contribution in [0.3, 0.4) is 0 Å². The summed E-state index contributed by atoms with van der Waals surface area (Å²) in [4.78, 5) is 35.8. The fraction of sp³-hybridized carbons (Fsp3) is 0.192. The number of fused-ring (bicyclic) bond motifs is 1. The third-order valence-electron chi connectivity index (χ3n) is 5.63. The van der Waals surface area contributed by atoms with Crippen molar-refractivity contribution in [2.75, 3.05) is 24.1 Å². The van der Waals surface area contributed by atoms with Crippen LogP contribution < -0.4 is 22.1 Å². The number of aromatic nitrogens is 3. The number of nitrogens with zero attached hydrogens (tertiary/aromatic N) is 3. The zero-order valence-electron chi connectivity index (χ0n) is 19.5. The van der Waals surface area contributed by atoms with E-state index in [2.05, 4.69) is 55.9 Å². The van der Waals surface area contributed by atoms with Crippen molar-refractivity contribution in [2.45, 2.75) is 18.9 Å². The number of nitrogen functional groups attached to an aromatic ring is 1. The molecule has 0 aliphatic rings. The lowest BCUT2D eigenvalue weighted by Crippen LogP contribution is -2.44. The standard InChI is InChI=1S/C26H27N7O3/c27-15-22(34)30-21(24(35)36)14-16-6-9-19(10-7-16)23-31-25(28)33-26(32-23)29-12-11-17-5-8-18-3-1-2-4-20(18)13-17/h1-10,13,21H,11-12,14-15,27H2,(H,30,34)(H,35,36)(H3,28,29,31,32,33)/t21-/m0/s1. The minimum absolute atomic E-state index is 0.0905. The van der Waals surface area contributed by atoms with Gasteiger partial charge < -0.3 is 27.2 Å². The number of carboxylic acid groups (broad SMARTS) is 1. The molecule has 0 radical (unpaired) electrons. The van der Waals surface area contributed by atoms with Crippen molar-refractivity contribution < 1.29 is 14.7 Å². The number of nitrogens with two attached hydrogens (primary N) is 2. The number of carboxylic acids is 1. The monoisotopic (exact) mass is 485 g/mol. The molecule has 7 N–H and O–H groups in total. The van der Waals surface area contributed by atoms with Crippen molar-refractivity contribution in [1.82, 2.24) is 20.3 Å². The molecule has 36 heavy (non-hydrogen) atoms. The van der Waals surface area contributed by atoms with Gasteiger partial charge in [-0.3, -0.25) is 4.79 Å². The Morgan fingerprint density at radius 3 is 2.36 bits per heavy atom. The topological polar surface area (TPSA) is 169 Å². The second-order valence-electron chi connectivity index (χ2n) is 8.26. The van der Waals surface area contributed by atoms with E-state index in [0.717, 1.165) is 12.0 Å². The molecule has 1 aromatic heterocycles. The number of carbonyl (C=O) groups is 2. The van der Waals surface area contributed by atoms with Crippen molar-refractivity contribution >= 4 is 34.5 Å². The third kappa shape index (κ3) is 6.30. The van der Waals surface area contributed by atoms with Crippen LogP contribution in [0.15, 0.2) is 66.7 Å². The van der Waals surface area contributed by atoms with Crippen molar-refractivity contribution in [2.24, 2.45) is 5.73 Å². The zero-order valence-corrected chi connectivity index (χ0v) is 19.5. The SMILES string of the molecule is NCC(=O)N[C@@H](Cc1ccc(-c2nc(N)nc(NCCc3ccc4ccccc4c3)n2)cc1)C(=O)O. The molecule has 0 saturated carbocycles. The summed E-state index contributed by atoms with van der Waals surface area (Å²) in [6.07, 6.45) is 0.897. The quantitative estimate of drug-likeness (QED) is 0.225.